The molecule has 242 valence electrons. The topological polar surface area (TPSA) is 80.2 Å². The summed E-state index contributed by atoms with van der Waals surface area (Å²) in [5.74, 6) is 0.920. The van der Waals surface area contributed by atoms with E-state index < -0.39 is 0 Å². The number of aromatic hydroxyl groups is 1. The van der Waals surface area contributed by atoms with E-state index in [-0.39, 0.29) is 16.6 Å². The smallest absolute Gasteiger partial charge is 0.161 e. The third kappa shape index (κ3) is 15.5. The Morgan fingerprint density at radius 2 is 1.58 bits per heavy atom. The van der Waals surface area contributed by atoms with Crippen LogP contribution in [0.25, 0.3) is 6.08 Å². The zero-order valence-corrected chi connectivity index (χ0v) is 29.7. The summed E-state index contributed by atoms with van der Waals surface area (Å²) in [7, 11) is 0. The largest absolute Gasteiger partial charge is 0.505 e. The van der Waals surface area contributed by atoms with Gasteiger partial charge in [0.2, 0.25) is 0 Å². The number of hydrogen-bond donors (Lipinski definition) is 1. The maximum Gasteiger partial charge on any atom is 0.161 e. The highest BCUT2D eigenvalue weighted by Crippen LogP contribution is 2.44. The number of aromatic nitrogens is 2. The molecule has 0 unspecified atom stereocenters. The van der Waals surface area contributed by atoms with Gasteiger partial charge in [-0.1, -0.05) is 88.2 Å². The van der Waals surface area contributed by atoms with Gasteiger partial charge in [-0.15, -0.1) is 0 Å². The molecule has 0 saturated heterocycles. The van der Waals surface area contributed by atoms with Crippen LogP contribution < -0.4 is 0 Å². The molecule has 5 nitrogen and oxygen atoms in total. The first-order valence-electron chi connectivity index (χ1n) is 16.1. The third-order valence-corrected chi connectivity index (χ3v) is 8.03. The number of aryl methyl sites for hydroxylation is 1. The second kappa shape index (κ2) is 18.8. The van der Waals surface area contributed by atoms with Crippen LogP contribution in [0.4, 0.5) is 0 Å². The van der Waals surface area contributed by atoms with Crippen LogP contribution in [-0.4, -0.2) is 27.1 Å². The van der Waals surface area contributed by atoms with Crippen LogP contribution in [-0.2, 0) is 10.2 Å². The van der Waals surface area contributed by atoms with Crippen LogP contribution in [0, 0.1) is 17.8 Å². The summed E-state index contributed by atoms with van der Waals surface area (Å²) in [6.45, 7) is 27.1. The van der Waals surface area contributed by atoms with E-state index in [2.05, 4.69) is 86.4 Å². The minimum absolute atomic E-state index is 0.0625. The van der Waals surface area contributed by atoms with Gasteiger partial charge >= 0.3 is 0 Å². The van der Waals surface area contributed by atoms with Gasteiger partial charge in [0.1, 0.15) is 17.7 Å². The molecule has 1 N–H and O–H groups in total. The van der Waals surface area contributed by atoms with E-state index in [1.807, 2.05) is 19.1 Å². The number of carbonyl (C=O) groups is 2. The van der Waals surface area contributed by atoms with Crippen molar-refractivity contribution in [2.75, 3.05) is 0 Å². The number of rotatable bonds is 6. The van der Waals surface area contributed by atoms with Gasteiger partial charge in [-0.2, -0.15) is 0 Å². The highest BCUT2D eigenvalue weighted by molar-refractivity contribution is 5.93. The molecule has 43 heavy (non-hydrogen) atoms. The quantitative estimate of drug-likeness (QED) is 0.266. The average Bonchev–Trinajstić information content (AvgIpc) is 2.93. The molecule has 2 heterocycles. The number of ketones is 1. The fourth-order valence-electron chi connectivity index (χ4n) is 4.27. The highest BCUT2D eigenvalue weighted by atomic mass is 16.3. The van der Waals surface area contributed by atoms with Gasteiger partial charge in [0, 0.05) is 34.6 Å². The van der Waals surface area contributed by atoms with Crippen molar-refractivity contribution in [3.05, 3.63) is 58.7 Å². The van der Waals surface area contributed by atoms with Crippen molar-refractivity contribution in [1.82, 2.24) is 9.97 Å². The first-order valence-corrected chi connectivity index (χ1v) is 16.1. The minimum atomic E-state index is -0.0986. The third-order valence-electron chi connectivity index (χ3n) is 8.03. The van der Waals surface area contributed by atoms with E-state index in [1.54, 1.807) is 12.3 Å². The Labute approximate surface area is 264 Å². The van der Waals surface area contributed by atoms with Crippen LogP contribution in [0.1, 0.15) is 167 Å². The van der Waals surface area contributed by atoms with Crippen molar-refractivity contribution in [2.45, 2.75) is 146 Å². The second-order valence-corrected chi connectivity index (χ2v) is 14.2. The Morgan fingerprint density at radius 1 is 1.05 bits per heavy atom. The Balaban J connectivity index is 0.000000848. The standard InChI is InChI=1S/C24H39NO.C8H9NO.C4H10.C2H4O/c1-9-23(5,6)15-12-19-21(26)18(22(2,3)4)16-20(25-19)17-10-13-24(7,8)14-11-17;1-6-3-4-8(5-9-6)7(2)10;1-3-4-2;1-2-3/h12,15-17,26H,9-11,13-14H2,1-8H3;3-5H,1-2H3;3-4H2,1-2H3;2H,1H3/b15-12+;;;. The van der Waals surface area contributed by atoms with Crippen LogP contribution in [0.5, 0.6) is 5.75 Å². The van der Waals surface area contributed by atoms with Gasteiger partial charge in [-0.3, -0.25) is 9.78 Å². The Hall–Kier alpha value is -2.82. The molecule has 1 aliphatic rings. The van der Waals surface area contributed by atoms with Gasteiger partial charge in [0.05, 0.1) is 0 Å². The molecule has 1 saturated carbocycles. The van der Waals surface area contributed by atoms with Crippen molar-refractivity contribution in [3.63, 3.8) is 0 Å². The predicted octanol–water partition coefficient (Wildman–Crippen LogP) is 10.8. The summed E-state index contributed by atoms with van der Waals surface area (Å²) in [6, 6.07) is 5.78. The van der Waals surface area contributed by atoms with Crippen molar-refractivity contribution in [1.29, 1.82) is 0 Å². The molecule has 3 rings (SSSR count). The number of aldehydes is 1. The molecule has 0 bridgehead atoms. The van der Waals surface area contributed by atoms with Crippen molar-refractivity contribution < 1.29 is 14.7 Å². The lowest BCUT2D eigenvalue weighted by molar-refractivity contribution is -0.106. The lowest BCUT2D eigenvalue weighted by Gasteiger charge is -2.34. The number of unbranched alkanes of at least 4 members (excludes halogenated alkanes) is 1. The summed E-state index contributed by atoms with van der Waals surface area (Å²) in [5, 5.41) is 10.9. The Bertz CT molecular complexity index is 1130. The van der Waals surface area contributed by atoms with Crippen LogP contribution >= 0.6 is 0 Å². The molecule has 2 aromatic heterocycles. The van der Waals surface area contributed by atoms with Crippen LogP contribution in [0.3, 0.4) is 0 Å². The van der Waals surface area contributed by atoms with E-state index in [0.717, 1.165) is 35.4 Å². The molecule has 1 aliphatic carbocycles. The Kier molecular flexibility index (Phi) is 17.5. The molecule has 0 atom stereocenters. The van der Waals surface area contributed by atoms with E-state index in [1.165, 1.54) is 52.4 Å². The summed E-state index contributed by atoms with van der Waals surface area (Å²) in [4.78, 5) is 28.4. The fraction of sp³-hybridized carbons (Fsp3) is 0.632. The van der Waals surface area contributed by atoms with Crippen LogP contribution in [0.2, 0.25) is 0 Å². The summed E-state index contributed by atoms with van der Waals surface area (Å²) >= 11 is 0. The molecule has 0 aliphatic heterocycles. The summed E-state index contributed by atoms with van der Waals surface area (Å²) in [5.41, 5.74) is 4.99. The number of allylic oxidation sites excluding steroid dienone is 1. The molecule has 5 heteroatoms. The molecular formula is C38H62N2O3. The maximum absolute atomic E-state index is 10.9. The predicted molar refractivity (Wildman–Crippen MR) is 184 cm³/mol. The van der Waals surface area contributed by atoms with E-state index in [9.17, 15) is 9.90 Å². The number of nitrogens with zero attached hydrogens (tertiary/aromatic N) is 2. The average molecular weight is 595 g/mol. The summed E-state index contributed by atoms with van der Waals surface area (Å²) < 4.78 is 0. The monoisotopic (exact) mass is 594 g/mol. The number of hydrogen-bond acceptors (Lipinski definition) is 5. The maximum atomic E-state index is 10.9. The molecule has 2 aromatic rings. The van der Waals surface area contributed by atoms with E-state index in [0.29, 0.717) is 22.6 Å². The lowest BCUT2D eigenvalue weighted by atomic mass is 9.72. The van der Waals surface area contributed by atoms with Gasteiger partial charge in [-0.05, 0) is 93.4 Å². The molecule has 0 aromatic carbocycles. The molecule has 0 amide bonds. The normalized spacial score (nSPS) is 14.8. The SMILES string of the molecule is CC(=O)c1ccc(C)nc1.CC=O.CCC(C)(C)/C=C/c1nc(C2CCC(C)(C)CC2)cc(C(C)(C)C)c1O.CCCC. The van der Waals surface area contributed by atoms with E-state index >= 15 is 0 Å². The molecular weight excluding hydrogens is 532 g/mol. The van der Waals surface area contributed by atoms with Crippen molar-refractivity contribution in [2.24, 2.45) is 10.8 Å². The van der Waals surface area contributed by atoms with Crippen LogP contribution in [0.15, 0.2) is 30.5 Å². The zero-order valence-electron chi connectivity index (χ0n) is 29.7. The van der Waals surface area contributed by atoms with Gasteiger partial charge in [0.25, 0.3) is 0 Å². The molecule has 1 fully saturated rings. The lowest BCUT2D eigenvalue weighted by Crippen LogP contribution is -2.22. The van der Waals surface area contributed by atoms with E-state index in [4.69, 9.17) is 9.78 Å². The van der Waals surface area contributed by atoms with Gasteiger partial charge in [-0.25, -0.2) is 4.98 Å². The molecule has 0 spiro atoms. The molecule has 0 radical (unpaired) electrons. The minimum Gasteiger partial charge on any atom is -0.505 e. The fourth-order valence-corrected chi connectivity index (χ4v) is 4.27. The van der Waals surface area contributed by atoms with Gasteiger partial charge < -0.3 is 9.90 Å². The number of pyridine rings is 2. The number of Topliss-reactive ketones (excluding diaryl/α,β-unsaturated/α-hetero) is 1. The number of carbonyl (C=O) groups excluding carboxylic acids is 2. The second-order valence-electron chi connectivity index (χ2n) is 14.2. The first kappa shape index (κ1) is 40.2. The highest BCUT2D eigenvalue weighted by Gasteiger charge is 2.30. The van der Waals surface area contributed by atoms with Crippen molar-refractivity contribution >= 4 is 18.1 Å². The van der Waals surface area contributed by atoms with Crippen molar-refractivity contribution in [3.8, 4) is 5.75 Å². The first-order chi connectivity index (χ1) is 19.9. The van der Waals surface area contributed by atoms with Gasteiger partial charge in [0.15, 0.2) is 5.78 Å². The zero-order chi connectivity index (χ0) is 33.4. The Morgan fingerprint density at radius 3 is 1.98 bits per heavy atom. The summed E-state index contributed by atoms with van der Waals surface area (Å²) in [6.07, 6.45) is 15.2.